The summed E-state index contributed by atoms with van der Waals surface area (Å²) in [4.78, 5) is 25.9. The van der Waals surface area contributed by atoms with Crippen molar-refractivity contribution < 1.29 is 14.3 Å². The maximum atomic E-state index is 13.0. The highest BCUT2D eigenvalue weighted by Crippen LogP contribution is 2.41. The largest absolute Gasteiger partial charge is 0.507 e. The van der Waals surface area contributed by atoms with Crippen LogP contribution in [0.15, 0.2) is 15.3 Å². The Morgan fingerprint density at radius 1 is 1.00 bits per heavy atom. The molecule has 0 radical (unpaired) electrons. The van der Waals surface area contributed by atoms with Crippen molar-refractivity contribution in [1.29, 1.82) is 0 Å². The Morgan fingerprint density at radius 2 is 1.57 bits per heavy atom. The molecule has 2 atom stereocenters. The molecule has 0 saturated heterocycles. The molecule has 4 nitrogen and oxygen atoms in total. The van der Waals surface area contributed by atoms with Gasteiger partial charge < -0.3 is 9.52 Å². The van der Waals surface area contributed by atoms with Crippen LogP contribution in [0.25, 0.3) is 0 Å². The van der Waals surface area contributed by atoms with Crippen LogP contribution in [0, 0.1) is 11.8 Å². The Balaban J connectivity index is 0.00000155. The van der Waals surface area contributed by atoms with Gasteiger partial charge in [-0.1, -0.05) is 66.2 Å². The maximum absolute atomic E-state index is 13.0. The van der Waals surface area contributed by atoms with Gasteiger partial charge in [-0.05, 0) is 50.4 Å². The van der Waals surface area contributed by atoms with Gasteiger partial charge in [-0.15, -0.1) is 0 Å². The Bertz CT molecular complexity index is 708. The minimum atomic E-state index is -0.442. The number of carbonyl (C=O) groups is 1. The van der Waals surface area contributed by atoms with Crippen molar-refractivity contribution in [3.8, 4) is 5.75 Å². The summed E-state index contributed by atoms with van der Waals surface area (Å²) in [5.74, 6) is 0.670. The van der Waals surface area contributed by atoms with Gasteiger partial charge in [0.15, 0.2) is 0 Å². The van der Waals surface area contributed by atoms with Crippen molar-refractivity contribution in [2.24, 2.45) is 11.8 Å². The van der Waals surface area contributed by atoms with E-state index in [2.05, 4.69) is 6.92 Å². The second-order valence-corrected chi connectivity index (χ2v) is 8.85. The molecule has 170 valence electrons. The van der Waals surface area contributed by atoms with Crippen LogP contribution in [0.1, 0.15) is 128 Å². The van der Waals surface area contributed by atoms with Crippen LogP contribution in [0.2, 0.25) is 0 Å². The second-order valence-electron chi connectivity index (χ2n) is 8.85. The van der Waals surface area contributed by atoms with Gasteiger partial charge in [0.05, 0.1) is 11.5 Å². The van der Waals surface area contributed by atoms with Gasteiger partial charge in [-0.25, -0.2) is 4.79 Å². The summed E-state index contributed by atoms with van der Waals surface area (Å²) in [7, 11) is 0. The lowest BCUT2D eigenvalue weighted by Crippen LogP contribution is -2.26. The molecule has 0 aromatic carbocycles. The van der Waals surface area contributed by atoms with Crippen molar-refractivity contribution in [2.45, 2.75) is 117 Å². The van der Waals surface area contributed by atoms with Gasteiger partial charge in [0.1, 0.15) is 17.3 Å². The van der Waals surface area contributed by atoms with Crippen molar-refractivity contribution in [1.82, 2.24) is 0 Å². The molecular weight excluding hydrogens is 376 g/mol. The zero-order valence-corrected chi connectivity index (χ0v) is 19.5. The van der Waals surface area contributed by atoms with Crippen molar-refractivity contribution in [2.75, 3.05) is 0 Å². The van der Waals surface area contributed by atoms with Crippen LogP contribution in [-0.2, 0) is 4.79 Å². The molecule has 1 aromatic rings. The number of rotatable bonds is 7. The molecule has 0 spiro atoms. The first-order chi connectivity index (χ1) is 14.6. The summed E-state index contributed by atoms with van der Waals surface area (Å²) in [6.45, 7) is 8.03. The fraction of sp³-hybridized carbons (Fsp3) is 0.769. The molecule has 1 unspecified atom stereocenters. The van der Waals surface area contributed by atoms with E-state index in [0.717, 1.165) is 44.9 Å². The Kier molecular flexibility index (Phi) is 10.1. The molecule has 2 saturated carbocycles. The van der Waals surface area contributed by atoms with Gasteiger partial charge >= 0.3 is 5.63 Å². The van der Waals surface area contributed by atoms with Gasteiger partial charge in [-0.3, -0.25) is 4.79 Å². The lowest BCUT2D eigenvalue weighted by molar-refractivity contribution is -0.125. The topological polar surface area (TPSA) is 67.5 Å². The predicted molar refractivity (Wildman–Crippen MR) is 122 cm³/mol. The SMILES string of the molecule is CC.CCC(c1c(O)cc([C@H](CC)C(=O)C2CCCCC2)oc1=O)C1CCCCC1. The number of hydrogen-bond acceptors (Lipinski definition) is 4. The lowest BCUT2D eigenvalue weighted by Gasteiger charge is -2.30. The monoisotopic (exact) mass is 418 g/mol. The van der Waals surface area contributed by atoms with E-state index in [1.54, 1.807) is 6.07 Å². The third-order valence-corrected chi connectivity index (χ3v) is 7.12. The Labute approximate surface area is 182 Å². The summed E-state index contributed by atoms with van der Waals surface area (Å²) in [5, 5.41) is 10.8. The van der Waals surface area contributed by atoms with E-state index in [9.17, 15) is 14.7 Å². The predicted octanol–water partition coefficient (Wildman–Crippen LogP) is 7.09. The van der Waals surface area contributed by atoms with E-state index in [1.807, 2.05) is 20.8 Å². The molecule has 1 heterocycles. The maximum Gasteiger partial charge on any atom is 0.343 e. The fourth-order valence-corrected chi connectivity index (χ4v) is 5.55. The number of Topliss-reactive ketones (excluding diaryl/α,β-unsaturated/α-hetero) is 1. The second kappa shape index (κ2) is 12.3. The highest BCUT2D eigenvalue weighted by molar-refractivity contribution is 5.87. The zero-order chi connectivity index (χ0) is 22.1. The van der Waals surface area contributed by atoms with E-state index in [1.165, 1.54) is 25.7 Å². The van der Waals surface area contributed by atoms with Gasteiger partial charge in [0, 0.05) is 12.0 Å². The molecule has 2 fully saturated rings. The average Bonchev–Trinajstić information content (AvgIpc) is 2.79. The summed E-state index contributed by atoms with van der Waals surface area (Å²) < 4.78 is 5.69. The van der Waals surface area contributed by atoms with Crippen LogP contribution < -0.4 is 5.63 Å². The molecule has 30 heavy (non-hydrogen) atoms. The summed E-state index contributed by atoms with van der Waals surface area (Å²) in [6.07, 6.45) is 12.5. The summed E-state index contributed by atoms with van der Waals surface area (Å²) in [6, 6.07) is 1.57. The van der Waals surface area contributed by atoms with E-state index < -0.39 is 11.5 Å². The molecule has 2 aliphatic rings. The standard InChI is InChI=1S/C24H36O4.C2H6/c1-3-18(16-11-7-5-8-12-16)22-20(25)15-21(28-24(22)27)19(4-2)23(26)17-13-9-6-10-14-17;1-2/h15-19,25H,3-14H2,1-2H3;1-2H3/t18?,19-;/m0./s1. The normalized spacial score (nSPS) is 20.1. The first-order valence-electron chi connectivity index (χ1n) is 12.5. The molecule has 1 aromatic heterocycles. The summed E-state index contributed by atoms with van der Waals surface area (Å²) >= 11 is 0. The molecule has 0 aliphatic heterocycles. The van der Waals surface area contributed by atoms with Crippen LogP contribution in [0.5, 0.6) is 5.75 Å². The molecule has 0 bridgehead atoms. The van der Waals surface area contributed by atoms with Crippen LogP contribution >= 0.6 is 0 Å². The Morgan fingerprint density at radius 3 is 2.07 bits per heavy atom. The quantitative estimate of drug-likeness (QED) is 0.513. The number of hydrogen-bond donors (Lipinski definition) is 1. The Hall–Kier alpha value is -1.58. The van der Waals surface area contributed by atoms with Crippen LogP contribution in [0.3, 0.4) is 0 Å². The average molecular weight is 419 g/mol. The molecule has 2 aliphatic carbocycles. The first-order valence-corrected chi connectivity index (χ1v) is 12.5. The van der Waals surface area contributed by atoms with Crippen molar-refractivity contribution in [3.63, 3.8) is 0 Å². The zero-order valence-electron chi connectivity index (χ0n) is 19.5. The van der Waals surface area contributed by atoms with Gasteiger partial charge in [-0.2, -0.15) is 0 Å². The van der Waals surface area contributed by atoms with E-state index in [4.69, 9.17) is 4.42 Å². The number of aromatic hydroxyl groups is 1. The van der Waals surface area contributed by atoms with Gasteiger partial charge in [0.25, 0.3) is 0 Å². The number of carbonyl (C=O) groups excluding carboxylic acids is 1. The fourth-order valence-electron chi connectivity index (χ4n) is 5.55. The van der Waals surface area contributed by atoms with Crippen LogP contribution in [0.4, 0.5) is 0 Å². The highest BCUT2D eigenvalue weighted by Gasteiger charge is 2.33. The van der Waals surface area contributed by atoms with Crippen LogP contribution in [-0.4, -0.2) is 10.9 Å². The minimum absolute atomic E-state index is 0.0265. The van der Waals surface area contributed by atoms with Gasteiger partial charge in [0.2, 0.25) is 0 Å². The van der Waals surface area contributed by atoms with E-state index >= 15 is 0 Å². The molecule has 1 N–H and O–H groups in total. The number of ketones is 1. The van der Waals surface area contributed by atoms with E-state index in [0.29, 0.717) is 23.7 Å². The third-order valence-electron chi connectivity index (χ3n) is 7.12. The highest BCUT2D eigenvalue weighted by atomic mass is 16.4. The van der Waals surface area contributed by atoms with Crippen molar-refractivity contribution in [3.05, 3.63) is 27.8 Å². The molecule has 0 amide bonds. The molecule has 4 heteroatoms. The minimum Gasteiger partial charge on any atom is -0.507 e. The smallest absolute Gasteiger partial charge is 0.343 e. The molecular formula is C26H42O4. The lowest BCUT2D eigenvalue weighted by atomic mass is 9.75. The molecule has 3 rings (SSSR count). The third kappa shape index (κ3) is 5.76. The first kappa shape index (κ1) is 24.7. The van der Waals surface area contributed by atoms with E-state index in [-0.39, 0.29) is 23.4 Å². The van der Waals surface area contributed by atoms with Crippen molar-refractivity contribution >= 4 is 5.78 Å². The summed E-state index contributed by atoms with van der Waals surface area (Å²) in [5.41, 5.74) is -0.0135.